The van der Waals surface area contributed by atoms with Crippen LogP contribution in [0.2, 0.25) is 0 Å². The Morgan fingerprint density at radius 1 is 0.909 bits per heavy atom. The van der Waals surface area contributed by atoms with E-state index in [1.807, 2.05) is 43.4 Å². The van der Waals surface area contributed by atoms with Gasteiger partial charge in [0.2, 0.25) is 0 Å². The first-order chi connectivity index (χ1) is 16.2. The average molecular weight is 456 g/mol. The number of ether oxygens (including phenoxy) is 5. The maximum atomic E-state index is 5.96. The third-order valence-corrected chi connectivity index (χ3v) is 4.54. The summed E-state index contributed by atoms with van der Waals surface area (Å²) < 4.78 is 27.3. The van der Waals surface area contributed by atoms with E-state index in [1.165, 1.54) is 0 Å². The first kappa shape index (κ1) is 26.0. The molecule has 2 N–H and O–H groups in total. The molecule has 0 saturated heterocycles. The van der Waals surface area contributed by atoms with Crippen LogP contribution in [0, 0.1) is 12.3 Å². The molecule has 178 valence electrons. The molecule has 0 spiro atoms. The lowest BCUT2D eigenvalue weighted by molar-refractivity contribution is 0.132. The minimum Gasteiger partial charge on any atom is -0.487 e. The molecule has 0 saturated carbocycles. The van der Waals surface area contributed by atoms with Crippen LogP contribution >= 0.6 is 0 Å². The molecule has 2 aromatic rings. The zero-order chi connectivity index (χ0) is 23.9. The van der Waals surface area contributed by atoms with Gasteiger partial charge in [0.15, 0.2) is 11.5 Å². The van der Waals surface area contributed by atoms with Crippen LogP contribution in [0.15, 0.2) is 41.4 Å². The Morgan fingerprint density at radius 3 is 2.18 bits per heavy atom. The van der Waals surface area contributed by atoms with E-state index in [2.05, 4.69) is 16.6 Å². The van der Waals surface area contributed by atoms with Gasteiger partial charge < -0.3 is 34.3 Å². The van der Waals surface area contributed by atoms with Crippen molar-refractivity contribution in [3.63, 3.8) is 0 Å². The van der Waals surface area contributed by atoms with E-state index in [9.17, 15) is 0 Å². The summed E-state index contributed by atoms with van der Waals surface area (Å²) >= 11 is 0. The Balaban J connectivity index is 2.52. The van der Waals surface area contributed by atoms with Crippen molar-refractivity contribution in [2.75, 3.05) is 73.3 Å². The van der Waals surface area contributed by atoms with Crippen LogP contribution in [0.4, 0.5) is 11.4 Å². The van der Waals surface area contributed by atoms with Crippen LogP contribution in [-0.4, -0.2) is 73.8 Å². The lowest BCUT2D eigenvalue weighted by Crippen LogP contribution is -2.22. The highest BCUT2D eigenvalue weighted by molar-refractivity contribution is 6.05. The van der Waals surface area contributed by atoms with Gasteiger partial charge >= 0.3 is 0 Å². The molecule has 0 aromatic heterocycles. The number of hydrogen-bond acceptors (Lipinski definition) is 7. The lowest BCUT2D eigenvalue weighted by atomic mass is 10.1. The second-order valence-corrected chi connectivity index (χ2v) is 6.85. The highest BCUT2D eigenvalue weighted by Crippen LogP contribution is 2.34. The predicted molar refractivity (Wildman–Crippen MR) is 131 cm³/mol. The number of hydrogen-bond donors (Lipinski definition) is 2. The monoisotopic (exact) mass is 455 g/mol. The van der Waals surface area contributed by atoms with E-state index in [1.54, 1.807) is 21.3 Å². The Hall–Kier alpha value is -3.25. The molecule has 0 unspecified atom stereocenters. The van der Waals surface area contributed by atoms with E-state index in [4.69, 9.17) is 35.1 Å². The Labute approximate surface area is 196 Å². The second-order valence-electron chi connectivity index (χ2n) is 6.85. The first-order valence-electron chi connectivity index (χ1n) is 10.6. The SMILES string of the molecule is C#Cc1cccc(/N=C(\NC)c2cc(OCCOC)c(OCCOC)cc2NCCOC)c1. The van der Waals surface area contributed by atoms with Gasteiger partial charge in [-0.1, -0.05) is 12.0 Å². The molecule has 0 radical (unpaired) electrons. The minimum atomic E-state index is 0.378. The molecular weight excluding hydrogens is 422 g/mol. The predicted octanol–water partition coefficient (Wildman–Crippen LogP) is 3.07. The van der Waals surface area contributed by atoms with Crippen molar-refractivity contribution < 1.29 is 23.7 Å². The largest absolute Gasteiger partial charge is 0.487 e. The van der Waals surface area contributed by atoms with Gasteiger partial charge in [-0.25, -0.2) is 4.99 Å². The smallest absolute Gasteiger partial charge is 0.163 e. The molecular formula is C25H33N3O5. The van der Waals surface area contributed by atoms with Gasteiger partial charge in [0.1, 0.15) is 19.0 Å². The quantitative estimate of drug-likeness (QED) is 0.196. The summed E-state index contributed by atoms with van der Waals surface area (Å²) in [7, 11) is 6.74. The first-order valence-corrected chi connectivity index (χ1v) is 10.6. The zero-order valence-electron chi connectivity index (χ0n) is 19.8. The number of aliphatic imine (C=N–C) groups is 1. The van der Waals surface area contributed by atoms with Crippen molar-refractivity contribution >= 4 is 17.2 Å². The Kier molecular flexibility index (Phi) is 11.6. The molecule has 0 atom stereocenters. The summed E-state index contributed by atoms with van der Waals surface area (Å²) in [6, 6.07) is 11.3. The van der Waals surface area contributed by atoms with Crippen LogP contribution in [0.1, 0.15) is 11.1 Å². The summed E-state index contributed by atoms with van der Waals surface area (Å²) in [4.78, 5) is 4.79. The molecule has 0 fully saturated rings. The number of terminal acetylenes is 1. The normalized spacial score (nSPS) is 11.1. The molecule has 0 amide bonds. The summed E-state index contributed by atoms with van der Waals surface area (Å²) in [5.74, 6) is 4.46. The fourth-order valence-electron chi connectivity index (χ4n) is 2.93. The number of rotatable bonds is 14. The number of benzene rings is 2. The van der Waals surface area contributed by atoms with Crippen molar-refractivity contribution in [1.29, 1.82) is 0 Å². The van der Waals surface area contributed by atoms with Gasteiger partial charge in [-0.15, -0.1) is 6.42 Å². The average Bonchev–Trinajstić information content (AvgIpc) is 2.84. The molecule has 2 aromatic carbocycles. The number of nitrogens with one attached hydrogen (secondary N) is 2. The summed E-state index contributed by atoms with van der Waals surface area (Å²) in [6.45, 7) is 2.83. The minimum absolute atomic E-state index is 0.378. The second kappa shape index (κ2) is 14.7. The van der Waals surface area contributed by atoms with Crippen molar-refractivity contribution in [3.05, 3.63) is 47.5 Å². The molecule has 0 heterocycles. The van der Waals surface area contributed by atoms with E-state index in [-0.39, 0.29) is 0 Å². The number of nitrogens with zero attached hydrogens (tertiary/aromatic N) is 1. The van der Waals surface area contributed by atoms with Crippen LogP contribution in [0.5, 0.6) is 11.5 Å². The van der Waals surface area contributed by atoms with Crippen LogP contribution < -0.4 is 20.1 Å². The van der Waals surface area contributed by atoms with Gasteiger partial charge in [0, 0.05) is 57.8 Å². The van der Waals surface area contributed by atoms with Gasteiger partial charge in [0.25, 0.3) is 0 Å². The van der Waals surface area contributed by atoms with Gasteiger partial charge in [-0.2, -0.15) is 0 Å². The van der Waals surface area contributed by atoms with Gasteiger partial charge in [-0.3, -0.25) is 0 Å². The molecule has 8 nitrogen and oxygen atoms in total. The lowest BCUT2D eigenvalue weighted by Gasteiger charge is -2.19. The third-order valence-electron chi connectivity index (χ3n) is 4.54. The topological polar surface area (TPSA) is 82.6 Å². The zero-order valence-corrected chi connectivity index (χ0v) is 19.8. The number of amidine groups is 1. The highest BCUT2D eigenvalue weighted by Gasteiger charge is 2.16. The van der Waals surface area contributed by atoms with Crippen LogP contribution in [0.25, 0.3) is 0 Å². The molecule has 33 heavy (non-hydrogen) atoms. The van der Waals surface area contributed by atoms with Crippen LogP contribution in [0.3, 0.4) is 0 Å². The maximum Gasteiger partial charge on any atom is 0.163 e. The molecule has 8 heteroatoms. The fraction of sp³-hybridized carbons (Fsp3) is 0.400. The van der Waals surface area contributed by atoms with Gasteiger partial charge in [-0.05, 0) is 24.3 Å². The maximum absolute atomic E-state index is 5.96. The van der Waals surface area contributed by atoms with Crippen LogP contribution in [-0.2, 0) is 14.2 Å². The summed E-state index contributed by atoms with van der Waals surface area (Å²) in [5, 5.41) is 6.58. The van der Waals surface area contributed by atoms with E-state index in [0.717, 1.165) is 22.5 Å². The van der Waals surface area contributed by atoms with Crippen molar-refractivity contribution in [2.45, 2.75) is 0 Å². The Bertz CT molecular complexity index is 940. The van der Waals surface area contributed by atoms with E-state index >= 15 is 0 Å². The van der Waals surface area contributed by atoms with E-state index < -0.39 is 0 Å². The van der Waals surface area contributed by atoms with Gasteiger partial charge in [0.05, 0.1) is 25.5 Å². The third kappa shape index (κ3) is 8.31. The number of methoxy groups -OCH3 is 3. The standard InChI is InChI=1S/C25H33N3O5/c1-6-19-8-7-9-20(16-19)28-25(26-2)21-17-23(32-14-12-30-4)24(33-15-13-31-5)18-22(21)27-10-11-29-3/h1,7-9,16-18,27H,10-15H2,2-5H3,(H,26,28). The van der Waals surface area contributed by atoms with Crippen molar-refractivity contribution in [1.82, 2.24) is 5.32 Å². The summed E-state index contributed by atoms with van der Waals surface area (Å²) in [6.07, 6.45) is 5.54. The Morgan fingerprint density at radius 2 is 1.58 bits per heavy atom. The highest BCUT2D eigenvalue weighted by atomic mass is 16.5. The van der Waals surface area contributed by atoms with Crippen molar-refractivity contribution in [3.8, 4) is 23.8 Å². The molecule has 0 aliphatic rings. The molecule has 2 rings (SSSR count). The van der Waals surface area contributed by atoms with E-state index in [0.29, 0.717) is 56.9 Å². The molecule has 0 bridgehead atoms. The molecule has 0 aliphatic heterocycles. The fourth-order valence-corrected chi connectivity index (χ4v) is 2.93. The summed E-state index contributed by atoms with van der Waals surface area (Å²) in [5.41, 5.74) is 3.13. The number of anilines is 1. The van der Waals surface area contributed by atoms with Crippen molar-refractivity contribution in [2.24, 2.45) is 4.99 Å². The molecule has 0 aliphatic carbocycles.